The summed E-state index contributed by atoms with van der Waals surface area (Å²) in [5.41, 5.74) is 0. The molecule has 0 aliphatic carbocycles. The predicted octanol–water partition coefficient (Wildman–Crippen LogP) is 0.0614. The van der Waals surface area contributed by atoms with Crippen LogP contribution in [0.1, 0.15) is 30.6 Å². The highest BCUT2D eigenvalue weighted by atomic mass is 16.5. The summed E-state index contributed by atoms with van der Waals surface area (Å²) in [6.07, 6.45) is 2.28. The molecule has 0 aromatic carbocycles. The van der Waals surface area contributed by atoms with Crippen LogP contribution in [0.2, 0.25) is 0 Å². The first-order valence-electron chi connectivity index (χ1n) is 6.38. The molecule has 2 saturated heterocycles. The van der Waals surface area contributed by atoms with Gasteiger partial charge in [0.15, 0.2) is 5.82 Å². The van der Waals surface area contributed by atoms with E-state index < -0.39 is 0 Å². The topological polar surface area (TPSA) is 66.1 Å². The number of piperazine rings is 1. The van der Waals surface area contributed by atoms with Crippen molar-refractivity contribution in [2.24, 2.45) is 0 Å². The van der Waals surface area contributed by atoms with Crippen molar-refractivity contribution in [2.75, 3.05) is 32.8 Å². The lowest BCUT2D eigenvalue weighted by Gasteiger charge is -2.25. The Balaban J connectivity index is 1.59. The maximum atomic E-state index is 5.57. The minimum atomic E-state index is 0.114. The van der Waals surface area contributed by atoms with Crippen molar-refractivity contribution in [1.82, 2.24) is 25.4 Å². The Morgan fingerprint density at radius 3 is 3.00 bits per heavy atom. The van der Waals surface area contributed by atoms with Crippen LogP contribution >= 0.6 is 0 Å². The lowest BCUT2D eigenvalue weighted by molar-refractivity contribution is 0.105. The van der Waals surface area contributed by atoms with Crippen molar-refractivity contribution in [3.05, 3.63) is 11.6 Å². The molecule has 2 aliphatic heterocycles. The van der Waals surface area contributed by atoms with Crippen LogP contribution in [0.3, 0.4) is 0 Å². The van der Waals surface area contributed by atoms with Gasteiger partial charge in [0.2, 0.25) is 0 Å². The molecule has 1 aromatic heterocycles. The average Bonchev–Trinajstić information content (AvgIpc) is 3.00. The lowest BCUT2D eigenvalue weighted by Crippen LogP contribution is -2.43. The van der Waals surface area contributed by atoms with Crippen molar-refractivity contribution in [3.63, 3.8) is 0 Å². The van der Waals surface area contributed by atoms with Gasteiger partial charge in [0.25, 0.3) is 0 Å². The van der Waals surface area contributed by atoms with Crippen LogP contribution in [0.25, 0.3) is 0 Å². The first kappa shape index (κ1) is 11.1. The Kier molecular flexibility index (Phi) is 3.35. The summed E-state index contributed by atoms with van der Waals surface area (Å²) in [6, 6.07) is 0. The van der Waals surface area contributed by atoms with Gasteiger partial charge in [-0.3, -0.25) is 10.00 Å². The maximum Gasteiger partial charge on any atom is 0.179 e. The molecule has 1 atom stereocenters. The van der Waals surface area contributed by atoms with Gasteiger partial charge in [0.05, 0.1) is 6.54 Å². The van der Waals surface area contributed by atoms with Crippen LogP contribution in [0.15, 0.2) is 0 Å². The van der Waals surface area contributed by atoms with Crippen LogP contribution in [-0.2, 0) is 11.3 Å². The molecule has 0 amide bonds. The van der Waals surface area contributed by atoms with E-state index in [9.17, 15) is 0 Å². The highest BCUT2D eigenvalue weighted by Crippen LogP contribution is 2.25. The molecule has 17 heavy (non-hydrogen) atoms. The van der Waals surface area contributed by atoms with Gasteiger partial charge < -0.3 is 10.1 Å². The monoisotopic (exact) mass is 237 g/mol. The van der Waals surface area contributed by atoms with E-state index in [0.29, 0.717) is 0 Å². The number of nitrogens with one attached hydrogen (secondary N) is 2. The molecule has 3 heterocycles. The summed E-state index contributed by atoms with van der Waals surface area (Å²) in [5.74, 6) is 1.78. The number of ether oxygens (including phenoxy) is 1. The summed E-state index contributed by atoms with van der Waals surface area (Å²) >= 11 is 0. The minimum Gasteiger partial charge on any atom is -0.370 e. The Labute approximate surface area is 101 Å². The highest BCUT2D eigenvalue weighted by Gasteiger charge is 2.22. The number of aromatic nitrogens is 3. The van der Waals surface area contributed by atoms with E-state index in [1.54, 1.807) is 0 Å². The van der Waals surface area contributed by atoms with Crippen molar-refractivity contribution < 1.29 is 4.74 Å². The van der Waals surface area contributed by atoms with Gasteiger partial charge in [0, 0.05) is 32.8 Å². The molecular formula is C11H19N5O. The highest BCUT2D eigenvalue weighted by molar-refractivity contribution is 4.96. The summed E-state index contributed by atoms with van der Waals surface area (Å²) in [7, 11) is 0. The zero-order valence-electron chi connectivity index (χ0n) is 9.98. The van der Waals surface area contributed by atoms with E-state index in [-0.39, 0.29) is 6.10 Å². The Hall–Kier alpha value is -0.980. The molecule has 1 aromatic rings. The van der Waals surface area contributed by atoms with Gasteiger partial charge in [-0.05, 0) is 12.8 Å². The SMILES string of the molecule is C1COC(c2n[nH]c(CN3CCNCC3)n2)C1. The normalized spacial score (nSPS) is 26.5. The lowest BCUT2D eigenvalue weighted by atomic mass is 10.2. The smallest absolute Gasteiger partial charge is 0.179 e. The van der Waals surface area contributed by atoms with E-state index in [1.807, 2.05) is 0 Å². The molecule has 0 bridgehead atoms. The van der Waals surface area contributed by atoms with Crippen LogP contribution in [0.5, 0.6) is 0 Å². The van der Waals surface area contributed by atoms with E-state index in [4.69, 9.17) is 4.74 Å². The van der Waals surface area contributed by atoms with Gasteiger partial charge in [-0.25, -0.2) is 4.98 Å². The molecule has 6 nitrogen and oxygen atoms in total. The molecule has 0 radical (unpaired) electrons. The molecular weight excluding hydrogens is 218 g/mol. The summed E-state index contributed by atoms with van der Waals surface area (Å²) in [5, 5.41) is 10.6. The van der Waals surface area contributed by atoms with E-state index in [0.717, 1.165) is 63.8 Å². The third-order valence-corrected chi connectivity index (χ3v) is 3.35. The number of rotatable bonds is 3. The van der Waals surface area contributed by atoms with Gasteiger partial charge in [-0.15, -0.1) is 0 Å². The third kappa shape index (κ3) is 2.65. The largest absolute Gasteiger partial charge is 0.370 e. The van der Waals surface area contributed by atoms with E-state index in [1.165, 1.54) is 0 Å². The van der Waals surface area contributed by atoms with Gasteiger partial charge in [0.1, 0.15) is 11.9 Å². The fourth-order valence-electron chi connectivity index (χ4n) is 2.39. The zero-order chi connectivity index (χ0) is 11.5. The molecule has 2 N–H and O–H groups in total. The number of aromatic amines is 1. The van der Waals surface area contributed by atoms with Gasteiger partial charge >= 0.3 is 0 Å². The second kappa shape index (κ2) is 5.12. The summed E-state index contributed by atoms with van der Waals surface area (Å²) < 4.78 is 5.57. The minimum absolute atomic E-state index is 0.114. The fraction of sp³-hybridized carbons (Fsp3) is 0.818. The molecule has 94 valence electrons. The number of nitrogens with zero attached hydrogens (tertiary/aromatic N) is 3. The first-order valence-corrected chi connectivity index (χ1v) is 6.38. The molecule has 0 saturated carbocycles. The summed E-state index contributed by atoms with van der Waals surface area (Å²) in [4.78, 5) is 6.92. The van der Waals surface area contributed by atoms with Crippen LogP contribution in [0, 0.1) is 0 Å². The van der Waals surface area contributed by atoms with E-state index in [2.05, 4.69) is 25.4 Å². The van der Waals surface area contributed by atoms with Gasteiger partial charge in [-0.1, -0.05) is 0 Å². The standard InChI is InChI=1S/C11H19N5O/c1-2-9(17-7-1)11-13-10(14-15-11)8-16-5-3-12-4-6-16/h9,12H,1-8H2,(H,13,14,15). The quantitative estimate of drug-likeness (QED) is 0.778. The van der Waals surface area contributed by atoms with E-state index >= 15 is 0 Å². The van der Waals surface area contributed by atoms with Crippen molar-refractivity contribution in [2.45, 2.75) is 25.5 Å². The second-order valence-corrected chi connectivity index (χ2v) is 4.67. The predicted molar refractivity (Wildman–Crippen MR) is 62.5 cm³/mol. The third-order valence-electron chi connectivity index (χ3n) is 3.35. The Morgan fingerprint density at radius 1 is 1.35 bits per heavy atom. The van der Waals surface area contributed by atoms with Crippen LogP contribution in [0.4, 0.5) is 0 Å². The average molecular weight is 237 g/mol. The first-order chi connectivity index (χ1) is 8.42. The van der Waals surface area contributed by atoms with Gasteiger partial charge in [-0.2, -0.15) is 5.10 Å². The molecule has 2 aliphatic rings. The molecule has 1 unspecified atom stereocenters. The van der Waals surface area contributed by atoms with Crippen molar-refractivity contribution in [3.8, 4) is 0 Å². The molecule has 3 rings (SSSR count). The zero-order valence-corrected chi connectivity index (χ0v) is 9.98. The van der Waals surface area contributed by atoms with Crippen LogP contribution in [-0.4, -0.2) is 52.9 Å². The number of H-pyrrole nitrogens is 1. The summed E-state index contributed by atoms with van der Waals surface area (Å²) in [6.45, 7) is 5.99. The Morgan fingerprint density at radius 2 is 2.24 bits per heavy atom. The number of hydrogen-bond donors (Lipinski definition) is 2. The second-order valence-electron chi connectivity index (χ2n) is 4.67. The van der Waals surface area contributed by atoms with Crippen molar-refractivity contribution in [1.29, 1.82) is 0 Å². The van der Waals surface area contributed by atoms with Crippen LogP contribution < -0.4 is 5.32 Å². The Bertz CT molecular complexity index is 354. The molecule has 0 spiro atoms. The maximum absolute atomic E-state index is 5.57. The molecule has 6 heteroatoms. The molecule has 2 fully saturated rings. The van der Waals surface area contributed by atoms with Crippen molar-refractivity contribution >= 4 is 0 Å². The fourth-order valence-corrected chi connectivity index (χ4v) is 2.39. The number of hydrogen-bond acceptors (Lipinski definition) is 5.